The summed E-state index contributed by atoms with van der Waals surface area (Å²) in [6.07, 6.45) is 2.52. The number of amides is 1. The van der Waals surface area contributed by atoms with E-state index in [2.05, 4.69) is 21.3 Å². The number of benzene rings is 1. The highest BCUT2D eigenvalue weighted by Crippen LogP contribution is 2.16. The maximum atomic E-state index is 12.3. The summed E-state index contributed by atoms with van der Waals surface area (Å²) in [5.41, 5.74) is 2.94. The number of carbonyl (C=O) groups is 1. The lowest BCUT2D eigenvalue weighted by Gasteiger charge is -2.15. The third kappa shape index (κ3) is 4.54. The molecular formula is C19H24N4O2. The van der Waals surface area contributed by atoms with Crippen molar-refractivity contribution in [3.8, 4) is 0 Å². The average Bonchev–Trinajstić information content (AvgIpc) is 3.04. The quantitative estimate of drug-likeness (QED) is 0.905. The SMILES string of the molecule is Cc1cc(C)n(CC(=O)Nc2cccc(CN3CCCC3)c2)c(=O)n1. The zero-order chi connectivity index (χ0) is 17.8. The summed E-state index contributed by atoms with van der Waals surface area (Å²) in [6, 6.07) is 9.69. The van der Waals surface area contributed by atoms with Gasteiger partial charge in [-0.3, -0.25) is 14.3 Å². The third-order valence-electron chi connectivity index (χ3n) is 4.46. The molecule has 0 saturated carbocycles. The predicted octanol–water partition coefficient (Wildman–Crippen LogP) is 2.09. The van der Waals surface area contributed by atoms with Gasteiger partial charge in [-0.2, -0.15) is 4.98 Å². The van der Waals surface area contributed by atoms with Crippen LogP contribution < -0.4 is 11.0 Å². The molecule has 2 heterocycles. The topological polar surface area (TPSA) is 67.2 Å². The average molecular weight is 340 g/mol. The second kappa shape index (κ2) is 7.61. The van der Waals surface area contributed by atoms with E-state index < -0.39 is 5.69 Å². The molecule has 2 aromatic rings. The van der Waals surface area contributed by atoms with Crippen molar-refractivity contribution in [2.75, 3.05) is 18.4 Å². The number of hydrogen-bond acceptors (Lipinski definition) is 4. The van der Waals surface area contributed by atoms with Gasteiger partial charge in [0.1, 0.15) is 6.54 Å². The molecular weight excluding hydrogens is 316 g/mol. The maximum Gasteiger partial charge on any atom is 0.348 e. The highest BCUT2D eigenvalue weighted by atomic mass is 16.2. The van der Waals surface area contributed by atoms with E-state index in [9.17, 15) is 9.59 Å². The van der Waals surface area contributed by atoms with Crippen LogP contribution in [0.15, 0.2) is 35.1 Å². The molecule has 1 N–H and O–H groups in total. The molecule has 132 valence electrons. The monoisotopic (exact) mass is 340 g/mol. The van der Waals surface area contributed by atoms with Crippen LogP contribution in [0.1, 0.15) is 29.8 Å². The van der Waals surface area contributed by atoms with Gasteiger partial charge in [-0.05, 0) is 63.5 Å². The van der Waals surface area contributed by atoms with Gasteiger partial charge < -0.3 is 5.32 Å². The molecule has 6 nitrogen and oxygen atoms in total. The molecule has 0 atom stereocenters. The lowest BCUT2D eigenvalue weighted by molar-refractivity contribution is -0.116. The van der Waals surface area contributed by atoms with E-state index in [0.717, 1.165) is 31.0 Å². The van der Waals surface area contributed by atoms with E-state index >= 15 is 0 Å². The number of aryl methyl sites for hydroxylation is 2. The van der Waals surface area contributed by atoms with Gasteiger partial charge in [0.15, 0.2) is 0 Å². The molecule has 3 rings (SSSR count). The Bertz CT molecular complexity index is 822. The van der Waals surface area contributed by atoms with Gasteiger partial charge in [0.25, 0.3) is 0 Å². The summed E-state index contributed by atoms with van der Waals surface area (Å²) >= 11 is 0. The lowest BCUT2D eigenvalue weighted by atomic mass is 10.2. The zero-order valence-corrected chi connectivity index (χ0v) is 14.8. The van der Waals surface area contributed by atoms with Crippen LogP contribution in [0.2, 0.25) is 0 Å². The molecule has 0 bridgehead atoms. The molecule has 6 heteroatoms. The second-order valence-electron chi connectivity index (χ2n) is 6.64. The van der Waals surface area contributed by atoms with Crippen LogP contribution in [-0.4, -0.2) is 33.4 Å². The molecule has 1 saturated heterocycles. The van der Waals surface area contributed by atoms with Crippen LogP contribution in [0, 0.1) is 13.8 Å². The van der Waals surface area contributed by atoms with Crippen molar-refractivity contribution in [2.45, 2.75) is 39.8 Å². The highest BCUT2D eigenvalue weighted by molar-refractivity contribution is 5.90. The number of likely N-dealkylation sites (tertiary alicyclic amines) is 1. The molecule has 0 aliphatic carbocycles. The fourth-order valence-corrected chi connectivity index (χ4v) is 3.26. The largest absolute Gasteiger partial charge is 0.348 e. The minimum atomic E-state index is -0.393. The number of anilines is 1. The highest BCUT2D eigenvalue weighted by Gasteiger charge is 2.13. The Kier molecular flexibility index (Phi) is 5.28. The Morgan fingerprint density at radius 1 is 1.20 bits per heavy atom. The number of rotatable bonds is 5. The number of carbonyl (C=O) groups excluding carboxylic acids is 1. The lowest BCUT2D eigenvalue weighted by Crippen LogP contribution is -2.31. The van der Waals surface area contributed by atoms with Gasteiger partial charge >= 0.3 is 5.69 Å². The summed E-state index contributed by atoms with van der Waals surface area (Å²) in [7, 11) is 0. The van der Waals surface area contributed by atoms with Crippen molar-refractivity contribution in [1.82, 2.24) is 14.5 Å². The summed E-state index contributed by atoms with van der Waals surface area (Å²) in [5, 5.41) is 2.88. The van der Waals surface area contributed by atoms with Crippen molar-refractivity contribution in [1.29, 1.82) is 0 Å². The van der Waals surface area contributed by atoms with Crippen molar-refractivity contribution >= 4 is 11.6 Å². The normalized spacial score (nSPS) is 14.6. The van der Waals surface area contributed by atoms with E-state index in [0.29, 0.717) is 5.69 Å². The van der Waals surface area contributed by atoms with Gasteiger partial charge in [0.05, 0.1) is 0 Å². The number of nitrogens with one attached hydrogen (secondary N) is 1. The van der Waals surface area contributed by atoms with Gasteiger partial charge in [-0.25, -0.2) is 4.79 Å². The molecule has 0 spiro atoms. The first-order valence-electron chi connectivity index (χ1n) is 8.67. The first-order chi connectivity index (χ1) is 12.0. The van der Waals surface area contributed by atoms with E-state index in [1.165, 1.54) is 23.0 Å². The van der Waals surface area contributed by atoms with Crippen LogP contribution in [0.25, 0.3) is 0 Å². The number of hydrogen-bond donors (Lipinski definition) is 1. The van der Waals surface area contributed by atoms with E-state index in [4.69, 9.17) is 0 Å². The Morgan fingerprint density at radius 2 is 1.96 bits per heavy atom. The molecule has 1 aromatic heterocycles. The molecule has 1 amide bonds. The molecule has 1 aliphatic heterocycles. The number of nitrogens with zero attached hydrogens (tertiary/aromatic N) is 3. The third-order valence-corrected chi connectivity index (χ3v) is 4.46. The Balaban J connectivity index is 1.66. The summed E-state index contributed by atoms with van der Waals surface area (Å²) in [4.78, 5) is 30.6. The van der Waals surface area contributed by atoms with Crippen molar-refractivity contribution in [3.05, 3.63) is 57.8 Å². The predicted molar refractivity (Wildman–Crippen MR) is 97.6 cm³/mol. The van der Waals surface area contributed by atoms with Crippen molar-refractivity contribution in [2.24, 2.45) is 0 Å². The standard InChI is InChI=1S/C19H24N4O2/c1-14-10-15(2)23(19(25)20-14)13-18(24)21-17-7-5-6-16(11-17)12-22-8-3-4-9-22/h5-7,10-11H,3-4,8-9,12-13H2,1-2H3,(H,21,24). The van der Waals surface area contributed by atoms with Crippen LogP contribution in [0.4, 0.5) is 5.69 Å². The molecule has 1 fully saturated rings. The summed E-state index contributed by atoms with van der Waals surface area (Å²) < 4.78 is 1.39. The fraction of sp³-hybridized carbons (Fsp3) is 0.421. The molecule has 0 unspecified atom stereocenters. The van der Waals surface area contributed by atoms with E-state index in [1.54, 1.807) is 19.9 Å². The molecule has 0 radical (unpaired) electrons. The molecule has 1 aromatic carbocycles. The first kappa shape index (κ1) is 17.4. The summed E-state index contributed by atoms with van der Waals surface area (Å²) in [6.45, 7) is 6.72. The molecule has 25 heavy (non-hydrogen) atoms. The Morgan fingerprint density at radius 3 is 2.68 bits per heavy atom. The van der Waals surface area contributed by atoms with Crippen LogP contribution >= 0.6 is 0 Å². The van der Waals surface area contributed by atoms with E-state index in [-0.39, 0.29) is 12.5 Å². The van der Waals surface area contributed by atoms with Gasteiger partial charge in [0, 0.05) is 23.6 Å². The Labute approximate surface area is 147 Å². The Hall–Kier alpha value is -2.47. The van der Waals surface area contributed by atoms with Crippen LogP contribution in [0.5, 0.6) is 0 Å². The smallest absolute Gasteiger partial charge is 0.325 e. The number of aromatic nitrogens is 2. The van der Waals surface area contributed by atoms with Gasteiger partial charge in [0.2, 0.25) is 5.91 Å². The maximum absolute atomic E-state index is 12.3. The first-order valence-corrected chi connectivity index (χ1v) is 8.67. The second-order valence-corrected chi connectivity index (χ2v) is 6.64. The minimum absolute atomic E-state index is 0.0334. The summed E-state index contributed by atoms with van der Waals surface area (Å²) in [5.74, 6) is -0.228. The van der Waals surface area contributed by atoms with Gasteiger partial charge in [-0.1, -0.05) is 12.1 Å². The van der Waals surface area contributed by atoms with Crippen molar-refractivity contribution in [3.63, 3.8) is 0 Å². The fourth-order valence-electron chi connectivity index (χ4n) is 3.26. The minimum Gasteiger partial charge on any atom is -0.325 e. The van der Waals surface area contributed by atoms with Crippen molar-refractivity contribution < 1.29 is 4.79 Å². The van der Waals surface area contributed by atoms with Gasteiger partial charge in [-0.15, -0.1) is 0 Å². The zero-order valence-electron chi connectivity index (χ0n) is 14.8. The molecule has 1 aliphatic rings. The van der Waals surface area contributed by atoms with Crippen LogP contribution in [-0.2, 0) is 17.9 Å². The van der Waals surface area contributed by atoms with Crippen LogP contribution in [0.3, 0.4) is 0 Å². The van der Waals surface area contributed by atoms with E-state index in [1.807, 2.05) is 18.2 Å².